The van der Waals surface area contributed by atoms with Crippen molar-refractivity contribution in [2.75, 3.05) is 0 Å². The van der Waals surface area contributed by atoms with Crippen LogP contribution in [0.4, 0.5) is 0 Å². The van der Waals surface area contributed by atoms with E-state index in [1.165, 1.54) is 60.0 Å². The first-order chi connectivity index (χ1) is 25.8. The van der Waals surface area contributed by atoms with E-state index in [4.69, 9.17) is 8.83 Å². The zero-order chi connectivity index (χ0) is 33.7. The summed E-state index contributed by atoms with van der Waals surface area (Å²) in [5.74, 6) is 0. The van der Waals surface area contributed by atoms with Gasteiger partial charge in [0.05, 0.1) is 27.6 Å². The van der Waals surface area contributed by atoms with Crippen molar-refractivity contribution >= 4 is 104 Å². The maximum absolute atomic E-state index is 6.76. The third-order valence-corrected chi connectivity index (χ3v) is 11.4. The minimum absolute atomic E-state index is 0.893. The standard InChI is InChI=1S/C48H26N2O2/c1-2-11-28(12-3-1)49-40-18-7-4-13-30(40)33-17-10-16-29(43(33)49)27-25-38-34-21-23-36-31-14-5-8-19-41(31)51-47(36)45(34)50-44(38)39(26-27)35-22-24-37-32-15-6-9-20-42(32)52-48(37)46(35)50/h1-26H. The van der Waals surface area contributed by atoms with Crippen molar-refractivity contribution in [3.05, 3.63) is 158 Å². The topological polar surface area (TPSA) is 35.6 Å². The number of rotatable bonds is 2. The lowest BCUT2D eigenvalue weighted by Gasteiger charge is -2.12. The molecule has 8 aromatic carbocycles. The quantitative estimate of drug-likeness (QED) is 0.185. The second-order valence-corrected chi connectivity index (χ2v) is 14.0. The second-order valence-electron chi connectivity index (χ2n) is 14.0. The Bertz CT molecular complexity index is 3470. The Labute approximate surface area is 295 Å². The van der Waals surface area contributed by atoms with Crippen LogP contribution in [0.2, 0.25) is 0 Å². The summed E-state index contributed by atoms with van der Waals surface area (Å²) in [7, 11) is 0. The zero-order valence-corrected chi connectivity index (χ0v) is 27.7. The molecule has 4 nitrogen and oxygen atoms in total. The van der Waals surface area contributed by atoms with E-state index < -0.39 is 0 Å². The molecular formula is C48H26N2O2. The van der Waals surface area contributed by atoms with E-state index in [0.29, 0.717) is 0 Å². The highest BCUT2D eigenvalue weighted by atomic mass is 16.3. The van der Waals surface area contributed by atoms with Crippen molar-refractivity contribution in [2.24, 2.45) is 0 Å². The third kappa shape index (κ3) is 3.19. The van der Waals surface area contributed by atoms with Gasteiger partial charge < -0.3 is 17.8 Å². The largest absolute Gasteiger partial charge is 0.454 e. The molecule has 0 saturated heterocycles. The number of benzene rings is 8. The van der Waals surface area contributed by atoms with E-state index >= 15 is 0 Å². The number of hydrogen-bond donors (Lipinski definition) is 0. The monoisotopic (exact) mass is 662 g/mol. The molecule has 0 N–H and O–H groups in total. The smallest absolute Gasteiger partial charge is 0.160 e. The molecule has 0 fully saturated rings. The van der Waals surface area contributed by atoms with E-state index in [0.717, 1.165) is 60.6 Å². The zero-order valence-electron chi connectivity index (χ0n) is 27.7. The van der Waals surface area contributed by atoms with E-state index in [1.54, 1.807) is 0 Å². The van der Waals surface area contributed by atoms with Gasteiger partial charge in [-0.3, -0.25) is 0 Å². The van der Waals surface area contributed by atoms with Crippen molar-refractivity contribution in [1.29, 1.82) is 0 Å². The van der Waals surface area contributed by atoms with Gasteiger partial charge in [-0.25, -0.2) is 0 Å². The molecular weight excluding hydrogens is 637 g/mol. The summed E-state index contributed by atoms with van der Waals surface area (Å²) in [6.45, 7) is 0. The van der Waals surface area contributed by atoms with Gasteiger partial charge in [-0.1, -0.05) is 103 Å². The molecule has 52 heavy (non-hydrogen) atoms. The Kier molecular flexibility index (Phi) is 4.83. The van der Waals surface area contributed by atoms with Crippen molar-refractivity contribution < 1.29 is 8.83 Å². The highest BCUT2D eigenvalue weighted by molar-refractivity contribution is 6.32. The van der Waals surface area contributed by atoms with E-state index in [9.17, 15) is 0 Å². The Morgan fingerprint density at radius 3 is 1.52 bits per heavy atom. The number of hydrogen-bond acceptors (Lipinski definition) is 2. The van der Waals surface area contributed by atoms with Gasteiger partial charge in [-0.15, -0.1) is 0 Å². The maximum Gasteiger partial charge on any atom is 0.160 e. The molecule has 0 bridgehead atoms. The molecule has 5 heterocycles. The van der Waals surface area contributed by atoms with Crippen LogP contribution >= 0.6 is 0 Å². The fourth-order valence-corrected chi connectivity index (χ4v) is 9.30. The molecule has 4 heteroatoms. The summed E-state index contributed by atoms with van der Waals surface area (Å²) in [6.07, 6.45) is 0. The summed E-state index contributed by atoms with van der Waals surface area (Å²) in [5, 5.41) is 11.7. The average Bonchev–Trinajstić information content (AvgIpc) is 4.00. The van der Waals surface area contributed by atoms with Crippen molar-refractivity contribution in [3.8, 4) is 16.8 Å². The van der Waals surface area contributed by atoms with E-state index in [2.05, 4.69) is 155 Å². The van der Waals surface area contributed by atoms with Crippen molar-refractivity contribution in [3.63, 3.8) is 0 Å². The Hall–Kier alpha value is -7.04. The summed E-state index contributed by atoms with van der Waals surface area (Å²) >= 11 is 0. The maximum atomic E-state index is 6.76. The lowest BCUT2D eigenvalue weighted by Crippen LogP contribution is -1.95. The second kappa shape index (κ2) is 9.39. The van der Waals surface area contributed by atoms with Crippen LogP contribution in [-0.4, -0.2) is 8.97 Å². The number of nitrogens with zero attached hydrogens (tertiary/aromatic N) is 2. The SMILES string of the molecule is c1ccc(-n2c3ccccc3c3cccc(-c4cc5c6ccc7c8ccccc8oc7c6n6c5c(c4)c4ccc5c7ccccc7oc5c46)c32)cc1. The predicted octanol–water partition coefficient (Wildman–Crippen LogP) is 13.4. The molecule has 13 aromatic rings. The Balaban J connectivity index is 1.25. The average molecular weight is 663 g/mol. The highest BCUT2D eigenvalue weighted by Gasteiger charge is 2.26. The van der Waals surface area contributed by atoms with Crippen LogP contribution in [0.15, 0.2) is 167 Å². The van der Waals surface area contributed by atoms with Crippen LogP contribution in [0.5, 0.6) is 0 Å². The van der Waals surface area contributed by atoms with Gasteiger partial charge in [-0.2, -0.15) is 0 Å². The molecule has 13 rings (SSSR count). The van der Waals surface area contributed by atoms with E-state index in [-0.39, 0.29) is 0 Å². The van der Waals surface area contributed by atoms with E-state index in [1.807, 2.05) is 12.1 Å². The Morgan fingerprint density at radius 2 is 0.865 bits per heavy atom. The van der Waals surface area contributed by atoms with Crippen LogP contribution in [0, 0.1) is 0 Å². The van der Waals surface area contributed by atoms with Crippen LogP contribution in [0.3, 0.4) is 0 Å². The molecule has 240 valence electrons. The van der Waals surface area contributed by atoms with Gasteiger partial charge in [0.1, 0.15) is 11.2 Å². The number of furan rings is 2. The van der Waals surface area contributed by atoms with Gasteiger partial charge in [0.25, 0.3) is 0 Å². The molecule has 0 amide bonds. The van der Waals surface area contributed by atoms with Crippen molar-refractivity contribution in [1.82, 2.24) is 8.97 Å². The molecule has 0 spiro atoms. The summed E-state index contributed by atoms with van der Waals surface area (Å²) in [6, 6.07) is 56.8. The minimum Gasteiger partial charge on any atom is -0.454 e. The Morgan fingerprint density at radius 1 is 0.346 bits per heavy atom. The van der Waals surface area contributed by atoms with Gasteiger partial charge >= 0.3 is 0 Å². The first kappa shape index (κ1) is 26.8. The molecule has 0 aliphatic heterocycles. The number of fused-ring (bicyclic) bond motifs is 17. The van der Waals surface area contributed by atoms with Crippen molar-refractivity contribution in [2.45, 2.75) is 0 Å². The molecule has 0 unspecified atom stereocenters. The molecule has 0 aliphatic carbocycles. The van der Waals surface area contributed by atoms with Crippen LogP contribution in [0.1, 0.15) is 0 Å². The highest BCUT2D eigenvalue weighted by Crippen LogP contribution is 2.48. The first-order valence-electron chi connectivity index (χ1n) is 17.8. The van der Waals surface area contributed by atoms with Crippen LogP contribution in [0.25, 0.3) is 121 Å². The fourth-order valence-electron chi connectivity index (χ4n) is 9.30. The number of para-hydroxylation sites is 5. The molecule has 0 atom stereocenters. The van der Waals surface area contributed by atoms with Gasteiger partial charge in [-0.05, 0) is 60.2 Å². The summed E-state index contributed by atoms with van der Waals surface area (Å²) in [5.41, 5.74) is 12.8. The number of aromatic nitrogens is 2. The predicted molar refractivity (Wildman–Crippen MR) is 215 cm³/mol. The third-order valence-electron chi connectivity index (χ3n) is 11.4. The fraction of sp³-hybridized carbons (Fsp3) is 0. The summed E-state index contributed by atoms with van der Waals surface area (Å²) in [4.78, 5) is 0. The summed E-state index contributed by atoms with van der Waals surface area (Å²) < 4.78 is 18.4. The van der Waals surface area contributed by atoms with Gasteiger partial charge in [0.2, 0.25) is 0 Å². The normalized spacial score (nSPS) is 12.6. The minimum atomic E-state index is 0.893. The van der Waals surface area contributed by atoms with Gasteiger partial charge in [0, 0.05) is 65.1 Å². The van der Waals surface area contributed by atoms with Gasteiger partial charge in [0.15, 0.2) is 11.2 Å². The lowest BCUT2D eigenvalue weighted by molar-refractivity contribution is 0.670. The molecule has 0 saturated carbocycles. The van der Waals surface area contributed by atoms with Crippen LogP contribution < -0.4 is 0 Å². The first-order valence-corrected chi connectivity index (χ1v) is 17.8. The lowest BCUT2D eigenvalue weighted by atomic mass is 9.97. The molecule has 0 radical (unpaired) electrons. The molecule has 0 aliphatic rings. The molecule has 5 aromatic heterocycles. The van der Waals surface area contributed by atoms with Crippen LogP contribution in [-0.2, 0) is 0 Å².